The Labute approximate surface area is 236 Å². The summed E-state index contributed by atoms with van der Waals surface area (Å²) in [5.41, 5.74) is 0.869. The molecule has 3 aromatic rings. The number of anilines is 3. The first-order valence-corrected chi connectivity index (χ1v) is 15.5. The zero-order chi connectivity index (χ0) is 28.9. The van der Waals surface area contributed by atoms with Gasteiger partial charge in [0, 0.05) is 74.2 Å². The van der Waals surface area contributed by atoms with Crippen molar-refractivity contribution >= 4 is 43.5 Å². The van der Waals surface area contributed by atoms with Crippen LogP contribution in [-0.2, 0) is 21.0 Å². The molecule has 0 aliphatic carbocycles. The zero-order valence-electron chi connectivity index (χ0n) is 23.2. The van der Waals surface area contributed by atoms with Gasteiger partial charge in [-0.05, 0) is 17.7 Å². The summed E-state index contributed by atoms with van der Waals surface area (Å²) in [6.07, 6.45) is 1.72. The molecule has 41 heavy (non-hydrogen) atoms. The molecular weight excluding hydrogens is 561 g/mol. The van der Waals surface area contributed by atoms with Gasteiger partial charge in [-0.2, -0.15) is 13.2 Å². The number of ether oxygens (including phenoxy) is 1. The van der Waals surface area contributed by atoms with Gasteiger partial charge in [-0.3, -0.25) is 8.78 Å². The first kappa shape index (κ1) is 27.9. The van der Waals surface area contributed by atoms with Crippen molar-refractivity contribution in [1.82, 2.24) is 33.8 Å². The molecule has 16 heteroatoms. The molecule has 0 radical (unpaired) electrons. The maximum atomic E-state index is 14.1. The molecule has 0 aromatic carbocycles. The van der Waals surface area contributed by atoms with Gasteiger partial charge in [-0.1, -0.05) is 6.92 Å². The van der Waals surface area contributed by atoms with Gasteiger partial charge in [0.2, 0.25) is 11.9 Å². The molecule has 3 aromatic heterocycles. The Balaban J connectivity index is 1.48. The quantitative estimate of drug-likeness (QED) is 0.425. The van der Waals surface area contributed by atoms with Crippen molar-refractivity contribution in [2.75, 3.05) is 74.4 Å². The standard InChI is InChI=1S/C25H33F3N10O2S/c1-4-18-11-17-14-36(5-6-38(17)41(18,3)39)24-32-19-21(35-7-9-40-10-8-35)33-20(16-12-30-23(29-2)31-13-16)34-22(19)37(24)15-25(26,27)28/h12-13,17H,4-11,14-15H2,1-3H3,(H,29,30,31)/t17-,41?/m0/s1. The number of morpholine rings is 1. The number of nitrogens with zero attached hydrogens (tertiary/aromatic N) is 9. The van der Waals surface area contributed by atoms with Gasteiger partial charge in [0.05, 0.1) is 18.8 Å². The molecule has 3 aliphatic heterocycles. The average molecular weight is 595 g/mol. The normalized spacial score (nSPS) is 23.9. The minimum absolute atomic E-state index is 0.0569. The van der Waals surface area contributed by atoms with E-state index in [0.717, 1.165) is 15.9 Å². The molecule has 6 rings (SSSR count). The average Bonchev–Trinajstić information content (AvgIpc) is 3.45. The number of piperazine rings is 1. The SMILES string of the molecule is CCC1=S(C)(=O)N2CCN(c3nc4c(N5CCOCC5)nc(-c5cnc(NC)nc5)nc4n3CC(F)(F)F)C[C@@H]2C1. The second kappa shape index (κ2) is 10.5. The third-order valence-corrected chi connectivity index (χ3v) is 10.8. The number of hydrogen-bond acceptors (Lipinski definition) is 10. The van der Waals surface area contributed by atoms with E-state index in [9.17, 15) is 17.4 Å². The number of rotatable bonds is 6. The van der Waals surface area contributed by atoms with Crippen molar-refractivity contribution in [1.29, 1.82) is 0 Å². The summed E-state index contributed by atoms with van der Waals surface area (Å²) in [6, 6.07) is -0.0569. The number of nitrogens with one attached hydrogen (secondary N) is 1. The van der Waals surface area contributed by atoms with Crippen molar-refractivity contribution < 1.29 is 22.1 Å². The van der Waals surface area contributed by atoms with Gasteiger partial charge in [0.25, 0.3) is 0 Å². The molecule has 0 spiro atoms. The third-order valence-electron chi connectivity index (χ3n) is 7.89. The van der Waals surface area contributed by atoms with E-state index in [4.69, 9.17) is 14.7 Å². The lowest BCUT2D eigenvalue weighted by molar-refractivity contribution is -0.139. The Hall–Kier alpha value is -3.24. The van der Waals surface area contributed by atoms with Crippen LogP contribution in [0.1, 0.15) is 19.8 Å². The molecule has 0 bridgehead atoms. The number of alkyl halides is 3. The maximum Gasteiger partial charge on any atom is 0.406 e. The number of halogens is 3. The maximum absolute atomic E-state index is 14.1. The Morgan fingerprint density at radius 2 is 1.80 bits per heavy atom. The molecule has 2 saturated heterocycles. The fourth-order valence-corrected chi connectivity index (χ4v) is 8.39. The van der Waals surface area contributed by atoms with E-state index < -0.39 is 22.4 Å². The largest absolute Gasteiger partial charge is 0.406 e. The molecule has 1 N–H and O–H groups in total. The van der Waals surface area contributed by atoms with Crippen molar-refractivity contribution in [3.8, 4) is 11.4 Å². The highest BCUT2D eigenvalue weighted by Crippen LogP contribution is 2.35. The molecule has 2 fully saturated rings. The van der Waals surface area contributed by atoms with Crippen LogP contribution >= 0.6 is 0 Å². The van der Waals surface area contributed by atoms with Crippen LogP contribution in [-0.4, -0.2) is 114 Å². The molecule has 12 nitrogen and oxygen atoms in total. The lowest BCUT2D eigenvalue weighted by Crippen LogP contribution is -2.53. The Kier molecular flexibility index (Phi) is 7.18. The molecule has 3 aliphatic rings. The smallest absolute Gasteiger partial charge is 0.378 e. The lowest BCUT2D eigenvalue weighted by Gasteiger charge is -2.39. The highest BCUT2D eigenvalue weighted by Gasteiger charge is 2.41. The predicted octanol–water partition coefficient (Wildman–Crippen LogP) is 2.03. The fourth-order valence-electron chi connectivity index (χ4n) is 5.88. The minimum Gasteiger partial charge on any atom is -0.378 e. The van der Waals surface area contributed by atoms with Gasteiger partial charge >= 0.3 is 6.18 Å². The molecule has 6 heterocycles. The lowest BCUT2D eigenvalue weighted by atomic mass is 10.1. The Morgan fingerprint density at radius 3 is 2.46 bits per heavy atom. The van der Waals surface area contributed by atoms with Crippen LogP contribution in [0.3, 0.4) is 0 Å². The topological polar surface area (TPSA) is 117 Å². The van der Waals surface area contributed by atoms with Gasteiger partial charge in [-0.25, -0.2) is 29.2 Å². The molecule has 0 saturated carbocycles. The summed E-state index contributed by atoms with van der Waals surface area (Å²) >= 11 is 0. The van der Waals surface area contributed by atoms with Crippen LogP contribution in [0, 0.1) is 0 Å². The van der Waals surface area contributed by atoms with Crippen LogP contribution in [0.25, 0.3) is 22.6 Å². The molecule has 2 atom stereocenters. The van der Waals surface area contributed by atoms with Crippen LogP contribution < -0.4 is 15.1 Å². The Morgan fingerprint density at radius 1 is 1.07 bits per heavy atom. The van der Waals surface area contributed by atoms with Crippen molar-refractivity contribution in [3.63, 3.8) is 0 Å². The number of fused-ring (bicyclic) bond motifs is 2. The van der Waals surface area contributed by atoms with Gasteiger partial charge < -0.3 is 19.9 Å². The van der Waals surface area contributed by atoms with E-state index in [1.165, 1.54) is 12.4 Å². The van der Waals surface area contributed by atoms with Crippen molar-refractivity contribution in [2.24, 2.45) is 0 Å². The van der Waals surface area contributed by atoms with E-state index >= 15 is 0 Å². The van der Waals surface area contributed by atoms with Crippen LogP contribution in [0.15, 0.2) is 12.4 Å². The van der Waals surface area contributed by atoms with Crippen LogP contribution in [0.4, 0.5) is 30.9 Å². The third kappa shape index (κ3) is 5.16. The first-order valence-electron chi connectivity index (χ1n) is 13.6. The van der Waals surface area contributed by atoms with Crippen molar-refractivity contribution in [2.45, 2.75) is 38.5 Å². The van der Waals surface area contributed by atoms with E-state index in [0.29, 0.717) is 75.2 Å². The summed E-state index contributed by atoms with van der Waals surface area (Å²) < 4.78 is 64.3. The van der Waals surface area contributed by atoms with Crippen LogP contribution in [0.2, 0.25) is 0 Å². The van der Waals surface area contributed by atoms with Gasteiger partial charge in [0.1, 0.15) is 6.54 Å². The fraction of sp³-hybridized carbons (Fsp3) is 0.600. The summed E-state index contributed by atoms with van der Waals surface area (Å²) in [5.74, 6) is 1.25. The molecule has 1 unspecified atom stereocenters. The monoisotopic (exact) mass is 594 g/mol. The van der Waals surface area contributed by atoms with E-state index in [1.54, 1.807) is 13.3 Å². The second-order valence-corrected chi connectivity index (χ2v) is 13.1. The van der Waals surface area contributed by atoms with Gasteiger partial charge in [0.15, 0.2) is 22.8 Å². The number of hydrogen-bond donors (Lipinski definition) is 1. The Bertz CT molecular complexity index is 1560. The first-order chi connectivity index (χ1) is 19.6. The molecule has 0 amide bonds. The summed E-state index contributed by atoms with van der Waals surface area (Å²) in [6.45, 7) is 4.00. The number of aromatic nitrogens is 6. The van der Waals surface area contributed by atoms with Crippen LogP contribution in [0.5, 0.6) is 0 Å². The predicted molar refractivity (Wildman–Crippen MR) is 152 cm³/mol. The van der Waals surface area contributed by atoms with E-state index in [-0.39, 0.29) is 23.5 Å². The number of imidazole rings is 1. The van der Waals surface area contributed by atoms with Crippen molar-refractivity contribution in [3.05, 3.63) is 12.4 Å². The highest BCUT2D eigenvalue weighted by molar-refractivity contribution is 8.00. The minimum atomic E-state index is -4.51. The summed E-state index contributed by atoms with van der Waals surface area (Å²) in [5, 5.41) is 2.85. The summed E-state index contributed by atoms with van der Waals surface area (Å²) in [7, 11) is -0.570. The second-order valence-electron chi connectivity index (χ2n) is 10.4. The van der Waals surface area contributed by atoms with E-state index in [1.807, 2.05) is 21.0 Å². The zero-order valence-corrected chi connectivity index (χ0v) is 24.0. The molecular formula is C25H33F3N10O2S. The summed E-state index contributed by atoms with van der Waals surface area (Å²) in [4.78, 5) is 27.5. The van der Waals surface area contributed by atoms with Gasteiger partial charge in [-0.15, -0.1) is 0 Å². The van der Waals surface area contributed by atoms with E-state index in [2.05, 4.69) is 20.3 Å². The highest BCUT2D eigenvalue weighted by atomic mass is 32.2. The molecule has 222 valence electrons.